The van der Waals surface area contributed by atoms with Crippen molar-refractivity contribution < 1.29 is 31.5 Å². The molecular formula is C15H11F5N2O2. The highest BCUT2D eigenvalue weighted by molar-refractivity contribution is 5.89. The van der Waals surface area contributed by atoms with Gasteiger partial charge in [0.1, 0.15) is 17.4 Å². The van der Waals surface area contributed by atoms with Crippen molar-refractivity contribution in [2.75, 3.05) is 5.32 Å². The Morgan fingerprint density at radius 1 is 1.08 bits per heavy atom. The van der Waals surface area contributed by atoms with Gasteiger partial charge in [0.05, 0.1) is 5.69 Å². The van der Waals surface area contributed by atoms with Crippen LogP contribution >= 0.6 is 0 Å². The molecule has 0 aliphatic heterocycles. The van der Waals surface area contributed by atoms with Gasteiger partial charge < -0.3 is 15.4 Å². The number of urea groups is 1. The van der Waals surface area contributed by atoms with E-state index in [1.807, 2.05) is 0 Å². The van der Waals surface area contributed by atoms with E-state index in [9.17, 15) is 26.7 Å². The Kier molecular flexibility index (Phi) is 5.22. The Bertz CT molecular complexity index is 734. The van der Waals surface area contributed by atoms with Gasteiger partial charge in [-0.1, -0.05) is 18.2 Å². The maximum Gasteiger partial charge on any atom is 0.573 e. The maximum absolute atomic E-state index is 13.4. The van der Waals surface area contributed by atoms with E-state index in [0.717, 1.165) is 18.2 Å². The van der Waals surface area contributed by atoms with Crippen LogP contribution in [0.1, 0.15) is 5.56 Å². The van der Waals surface area contributed by atoms with Gasteiger partial charge in [-0.3, -0.25) is 0 Å². The number of hydrogen-bond donors (Lipinski definition) is 2. The first-order chi connectivity index (χ1) is 11.2. The molecule has 128 valence electrons. The number of nitrogens with one attached hydrogen (secondary N) is 2. The predicted octanol–water partition coefficient (Wildman–Crippen LogP) is 4.19. The van der Waals surface area contributed by atoms with Crippen LogP contribution in [0.15, 0.2) is 42.5 Å². The van der Waals surface area contributed by atoms with E-state index in [0.29, 0.717) is 6.07 Å². The number of para-hydroxylation sites is 1. The van der Waals surface area contributed by atoms with E-state index >= 15 is 0 Å². The van der Waals surface area contributed by atoms with Crippen molar-refractivity contribution in [1.82, 2.24) is 5.32 Å². The van der Waals surface area contributed by atoms with Crippen LogP contribution in [0.3, 0.4) is 0 Å². The molecule has 0 saturated carbocycles. The first kappa shape index (κ1) is 17.5. The largest absolute Gasteiger partial charge is 0.573 e. The van der Waals surface area contributed by atoms with Gasteiger partial charge in [0.25, 0.3) is 0 Å². The Hall–Kier alpha value is -2.84. The molecule has 0 fully saturated rings. The van der Waals surface area contributed by atoms with E-state index in [1.165, 1.54) is 18.2 Å². The van der Waals surface area contributed by atoms with Crippen molar-refractivity contribution in [3.8, 4) is 5.75 Å². The van der Waals surface area contributed by atoms with Gasteiger partial charge in [-0.05, 0) is 18.2 Å². The number of anilines is 1. The molecule has 0 unspecified atom stereocenters. The van der Waals surface area contributed by atoms with Crippen LogP contribution in [0.2, 0.25) is 0 Å². The molecule has 0 aliphatic rings. The highest BCUT2D eigenvalue weighted by Gasteiger charge is 2.31. The van der Waals surface area contributed by atoms with Crippen molar-refractivity contribution >= 4 is 11.7 Å². The molecule has 0 heterocycles. The summed E-state index contributed by atoms with van der Waals surface area (Å²) in [7, 11) is 0. The minimum Gasteiger partial charge on any atom is -0.405 e. The molecule has 0 radical (unpaired) electrons. The van der Waals surface area contributed by atoms with Gasteiger partial charge in [-0.2, -0.15) is 0 Å². The fraction of sp³-hybridized carbons (Fsp3) is 0.133. The van der Waals surface area contributed by atoms with Crippen molar-refractivity contribution in [3.63, 3.8) is 0 Å². The molecule has 0 atom stereocenters. The molecule has 0 aliphatic carbocycles. The molecule has 0 bridgehead atoms. The minimum absolute atomic E-state index is 0.0737. The van der Waals surface area contributed by atoms with Gasteiger partial charge in [0, 0.05) is 18.2 Å². The molecule has 2 rings (SSSR count). The molecule has 4 nitrogen and oxygen atoms in total. The molecule has 9 heteroatoms. The van der Waals surface area contributed by atoms with E-state index in [4.69, 9.17) is 0 Å². The summed E-state index contributed by atoms with van der Waals surface area (Å²) in [6, 6.07) is 6.93. The molecule has 2 N–H and O–H groups in total. The summed E-state index contributed by atoms with van der Waals surface area (Å²) in [5.74, 6) is -2.25. The Balaban J connectivity index is 1.99. The number of halogens is 5. The predicted molar refractivity (Wildman–Crippen MR) is 75.3 cm³/mol. The lowest BCUT2D eigenvalue weighted by molar-refractivity contribution is -0.274. The highest BCUT2D eigenvalue weighted by atomic mass is 19.4. The third-order valence-electron chi connectivity index (χ3n) is 2.82. The number of carbonyl (C=O) groups is 1. The monoisotopic (exact) mass is 346 g/mol. The van der Waals surface area contributed by atoms with E-state index < -0.39 is 29.8 Å². The van der Waals surface area contributed by atoms with Crippen LogP contribution in [0.4, 0.5) is 32.4 Å². The normalized spacial score (nSPS) is 11.0. The lowest BCUT2D eigenvalue weighted by Gasteiger charge is -2.14. The summed E-state index contributed by atoms with van der Waals surface area (Å²) in [5, 5.41) is 4.38. The standard InChI is InChI=1S/C15H11F5N2O2/c16-10-5-6-12(11(17)7-10)22-14(23)21-8-9-3-1-2-4-13(9)24-15(18,19)20/h1-7H,8H2,(H2,21,22,23). The molecule has 2 aromatic carbocycles. The quantitative estimate of drug-likeness (QED) is 0.816. The van der Waals surface area contributed by atoms with Crippen LogP contribution in [-0.2, 0) is 6.54 Å². The van der Waals surface area contributed by atoms with Crippen LogP contribution in [0.25, 0.3) is 0 Å². The van der Waals surface area contributed by atoms with E-state index in [2.05, 4.69) is 15.4 Å². The number of alkyl halides is 3. The third-order valence-corrected chi connectivity index (χ3v) is 2.82. The number of amides is 2. The smallest absolute Gasteiger partial charge is 0.405 e. The molecule has 2 amide bonds. The second-order valence-corrected chi connectivity index (χ2v) is 4.59. The van der Waals surface area contributed by atoms with Crippen molar-refractivity contribution in [3.05, 3.63) is 59.7 Å². The molecule has 0 spiro atoms. The fourth-order valence-electron chi connectivity index (χ4n) is 1.81. The van der Waals surface area contributed by atoms with Crippen LogP contribution in [0, 0.1) is 11.6 Å². The number of benzene rings is 2. The van der Waals surface area contributed by atoms with Crippen LogP contribution in [-0.4, -0.2) is 12.4 Å². The summed E-state index contributed by atoms with van der Waals surface area (Å²) in [6.45, 7) is -0.291. The lowest BCUT2D eigenvalue weighted by Crippen LogP contribution is -2.29. The number of rotatable bonds is 4. The zero-order chi connectivity index (χ0) is 17.7. The maximum atomic E-state index is 13.4. The number of hydrogen-bond acceptors (Lipinski definition) is 2. The number of ether oxygens (including phenoxy) is 1. The zero-order valence-corrected chi connectivity index (χ0v) is 12.0. The summed E-state index contributed by atoms with van der Waals surface area (Å²) >= 11 is 0. The van der Waals surface area contributed by atoms with Crippen LogP contribution in [0.5, 0.6) is 5.75 Å². The first-order valence-corrected chi connectivity index (χ1v) is 6.58. The average Bonchev–Trinajstić information content (AvgIpc) is 2.48. The molecule has 0 saturated heterocycles. The van der Waals surface area contributed by atoms with Gasteiger partial charge in [0.15, 0.2) is 0 Å². The van der Waals surface area contributed by atoms with Crippen molar-refractivity contribution in [2.45, 2.75) is 12.9 Å². The topological polar surface area (TPSA) is 50.4 Å². The second kappa shape index (κ2) is 7.16. The van der Waals surface area contributed by atoms with Gasteiger partial charge >= 0.3 is 12.4 Å². The van der Waals surface area contributed by atoms with Gasteiger partial charge in [-0.15, -0.1) is 13.2 Å². The van der Waals surface area contributed by atoms with Gasteiger partial charge in [0.2, 0.25) is 0 Å². The lowest BCUT2D eigenvalue weighted by atomic mass is 10.2. The Labute approximate surface area is 133 Å². The van der Waals surface area contributed by atoms with E-state index in [-0.39, 0.29) is 17.8 Å². The van der Waals surface area contributed by atoms with Crippen LogP contribution < -0.4 is 15.4 Å². The second-order valence-electron chi connectivity index (χ2n) is 4.59. The SMILES string of the molecule is O=C(NCc1ccccc1OC(F)(F)F)Nc1ccc(F)cc1F. The highest BCUT2D eigenvalue weighted by Crippen LogP contribution is 2.26. The number of carbonyl (C=O) groups excluding carboxylic acids is 1. The minimum atomic E-state index is -4.87. The van der Waals surface area contributed by atoms with Crippen molar-refractivity contribution in [1.29, 1.82) is 0 Å². The molecule has 24 heavy (non-hydrogen) atoms. The Morgan fingerprint density at radius 3 is 2.46 bits per heavy atom. The zero-order valence-electron chi connectivity index (χ0n) is 12.0. The van der Waals surface area contributed by atoms with Crippen molar-refractivity contribution in [2.24, 2.45) is 0 Å². The van der Waals surface area contributed by atoms with E-state index in [1.54, 1.807) is 0 Å². The molecule has 2 aromatic rings. The molecule has 0 aromatic heterocycles. The fourth-order valence-corrected chi connectivity index (χ4v) is 1.81. The summed E-state index contributed by atoms with van der Waals surface area (Å²) in [4.78, 5) is 11.7. The van der Waals surface area contributed by atoms with Gasteiger partial charge in [-0.25, -0.2) is 13.6 Å². The average molecular weight is 346 g/mol. The summed E-state index contributed by atoms with van der Waals surface area (Å²) in [6.07, 6.45) is -4.87. The molecular weight excluding hydrogens is 335 g/mol. The third kappa shape index (κ3) is 5.11. The summed E-state index contributed by atoms with van der Waals surface area (Å²) < 4.78 is 66.9. The Morgan fingerprint density at radius 2 is 1.79 bits per heavy atom. The first-order valence-electron chi connectivity index (χ1n) is 6.58. The summed E-state index contributed by atoms with van der Waals surface area (Å²) in [5.41, 5.74) is -0.196.